The summed E-state index contributed by atoms with van der Waals surface area (Å²) in [5.74, 6) is -0.759. The molecule has 2 aromatic carbocycles. The summed E-state index contributed by atoms with van der Waals surface area (Å²) in [5, 5.41) is 24.1. The Morgan fingerprint density at radius 3 is 2.35 bits per heavy atom. The van der Waals surface area contributed by atoms with Crippen LogP contribution in [-0.2, 0) is 0 Å². The van der Waals surface area contributed by atoms with Gasteiger partial charge in [0.25, 0.3) is 17.3 Å². The SMILES string of the molecule is O=C(Nc1cc2cc([N+](=O)[O-])ccc2oc1=O)c1cccc([N+](=O)[O-])c1. The molecule has 0 aliphatic rings. The fourth-order valence-corrected chi connectivity index (χ4v) is 2.27. The zero-order valence-corrected chi connectivity index (χ0v) is 12.9. The van der Waals surface area contributed by atoms with E-state index < -0.39 is 21.4 Å². The van der Waals surface area contributed by atoms with Crippen LogP contribution in [0, 0.1) is 20.2 Å². The molecule has 10 heteroatoms. The average Bonchev–Trinajstić information content (AvgIpc) is 2.61. The normalized spacial score (nSPS) is 10.5. The van der Waals surface area contributed by atoms with Gasteiger partial charge >= 0.3 is 5.63 Å². The van der Waals surface area contributed by atoms with Crippen molar-refractivity contribution in [3.63, 3.8) is 0 Å². The number of carbonyl (C=O) groups is 1. The predicted molar refractivity (Wildman–Crippen MR) is 90.2 cm³/mol. The first-order chi connectivity index (χ1) is 12.3. The van der Waals surface area contributed by atoms with E-state index >= 15 is 0 Å². The van der Waals surface area contributed by atoms with Gasteiger partial charge in [-0.15, -0.1) is 0 Å². The Hall–Kier alpha value is -4.08. The summed E-state index contributed by atoms with van der Waals surface area (Å²) in [5.41, 5.74) is -1.49. The number of rotatable bonds is 4. The minimum absolute atomic E-state index is 0.0299. The van der Waals surface area contributed by atoms with Crippen LogP contribution in [0.25, 0.3) is 11.0 Å². The molecule has 0 unspecified atom stereocenters. The third-order valence-corrected chi connectivity index (χ3v) is 3.49. The monoisotopic (exact) mass is 355 g/mol. The Morgan fingerprint density at radius 1 is 0.962 bits per heavy atom. The van der Waals surface area contributed by atoms with Crippen molar-refractivity contribution in [1.29, 1.82) is 0 Å². The molecule has 1 heterocycles. The standard InChI is InChI=1S/C16H9N3O7/c20-15(9-2-1-3-11(6-9)18(22)23)17-13-8-10-7-12(19(24)25)4-5-14(10)26-16(13)21/h1-8H,(H,17,20). The van der Waals surface area contributed by atoms with Gasteiger partial charge in [0.15, 0.2) is 0 Å². The van der Waals surface area contributed by atoms with Crippen LogP contribution in [0.3, 0.4) is 0 Å². The van der Waals surface area contributed by atoms with E-state index in [0.717, 1.165) is 6.07 Å². The highest BCUT2D eigenvalue weighted by Gasteiger charge is 2.15. The molecule has 0 saturated heterocycles. The number of benzene rings is 2. The number of hydrogen-bond donors (Lipinski definition) is 1. The van der Waals surface area contributed by atoms with Crippen molar-refractivity contribution >= 4 is 33.9 Å². The zero-order valence-electron chi connectivity index (χ0n) is 12.9. The molecule has 130 valence electrons. The second kappa shape index (κ2) is 6.43. The van der Waals surface area contributed by atoms with Crippen LogP contribution in [0.2, 0.25) is 0 Å². The highest BCUT2D eigenvalue weighted by Crippen LogP contribution is 2.22. The molecule has 3 aromatic rings. The fourth-order valence-electron chi connectivity index (χ4n) is 2.27. The number of fused-ring (bicyclic) bond motifs is 1. The van der Waals surface area contributed by atoms with E-state index in [0.29, 0.717) is 0 Å². The molecular weight excluding hydrogens is 346 g/mol. The summed E-state index contributed by atoms with van der Waals surface area (Å²) in [6.45, 7) is 0. The van der Waals surface area contributed by atoms with E-state index in [2.05, 4.69) is 5.32 Å². The van der Waals surface area contributed by atoms with Gasteiger partial charge in [-0.3, -0.25) is 25.0 Å². The lowest BCUT2D eigenvalue weighted by molar-refractivity contribution is -0.385. The van der Waals surface area contributed by atoms with Gasteiger partial charge in [0.1, 0.15) is 11.3 Å². The molecule has 0 saturated carbocycles. The molecule has 1 amide bonds. The minimum atomic E-state index is -0.856. The van der Waals surface area contributed by atoms with Crippen molar-refractivity contribution in [2.45, 2.75) is 0 Å². The molecule has 3 rings (SSSR count). The van der Waals surface area contributed by atoms with Gasteiger partial charge in [-0.05, 0) is 18.2 Å². The van der Waals surface area contributed by atoms with Crippen LogP contribution in [0.5, 0.6) is 0 Å². The Bertz CT molecular complexity index is 1120. The lowest BCUT2D eigenvalue weighted by Crippen LogP contribution is -2.17. The van der Waals surface area contributed by atoms with Crippen LogP contribution >= 0.6 is 0 Å². The molecule has 0 aliphatic heterocycles. The van der Waals surface area contributed by atoms with E-state index in [1.54, 1.807) is 0 Å². The van der Waals surface area contributed by atoms with Gasteiger partial charge in [-0.25, -0.2) is 4.79 Å². The summed E-state index contributed by atoms with van der Waals surface area (Å²) in [4.78, 5) is 44.6. The lowest BCUT2D eigenvalue weighted by atomic mass is 10.1. The van der Waals surface area contributed by atoms with Gasteiger partial charge in [-0.1, -0.05) is 6.07 Å². The van der Waals surface area contributed by atoms with Crippen molar-refractivity contribution in [3.05, 3.63) is 84.7 Å². The Labute approximate surface area is 144 Å². The van der Waals surface area contributed by atoms with Crippen molar-refractivity contribution in [3.8, 4) is 0 Å². The number of nitrogens with one attached hydrogen (secondary N) is 1. The van der Waals surface area contributed by atoms with Gasteiger partial charge < -0.3 is 9.73 Å². The quantitative estimate of drug-likeness (QED) is 0.430. The van der Waals surface area contributed by atoms with Gasteiger partial charge in [0.2, 0.25) is 0 Å². The first-order valence-electron chi connectivity index (χ1n) is 7.13. The number of non-ortho nitro benzene ring substituents is 2. The first kappa shape index (κ1) is 16.8. The Kier molecular flexibility index (Phi) is 4.15. The number of amides is 1. The number of nitro groups is 2. The number of nitrogens with zero attached hydrogens (tertiary/aromatic N) is 2. The number of hydrogen-bond acceptors (Lipinski definition) is 7. The highest BCUT2D eigenvalue weighted by molar-refractivity contribution is 6.05. The van der Waals surface area contributed by atoms with Crippen LogP contribution in [0.15, 0.2) is 57.7 Å². The topological polar surface area (TPSA) is 146 Å². The van der Waals surface area contributed by atoms with Gasteiger partial charge in [-0.2, -0.15) is 0 Å². The largest absolute Gasteiger partial charge is 0.421 e. The van der Waals surface area contributed by atoms with Crippen LogP contribution in [0.4, 0.5) is 17.1 Å². The minimum Gasteiger partial charge on any atom is -0.421 e. The molecule has 26 heavy (non-hydrogen) atoms. The number of anilines is 1. The molecule has 0 spiro atoms. The van der Waals surface area contributed by atoms with Gasteiger partial charge in [0.05, 0.1) is 9.85 Å². The molecule has 1 aromatic heterocycles. The van der Waals surface area contributed by atoms with Crippen LogP contribution in [-0.4, -0.2) is 15.8 Å². The molecule has 0 fully saturated rings. The van der Waals surface area contributed by atoms with E-state index in [-0.39, 0.29) is 33.6 Å². The van der Waals surface area contributed by atoms with Crippen molar-refractivity contribution in [2.75, 3.05) is 5.32 Å². The van der Waals surface area contributed by atoms with Crippen molar-refractivity contribution in [1.82, 2.24) is 0 Å². The van der Waals surface area contributed by atoms with E-state index in [1.165, 1.54) is 42.5 Å². The first-order valence-corrected chi connectivity index (χ1v) is 7.13. The van der Waals surface area contributed by atoms with E-state index in [9.17, 15) is 29.8 Å². The second-order valence-electron chi connectivity index (χ2n) is 5.19. The third kappa shape index (κ3) is 3.24. The Balaban J connectivity index is 1.97. The zero-order chi connectivity index (χ0) is 18.8. The Morgan fingerprint density at radius 2 is 1.65 bits per heavy atom. The maximum absolute atomic E-state index is 12.2. The molecule has 0 radical (unpaired) electrons. The fraction of sp³-hybridized carbons (Fsp3) is 0. The molecule has 0 atom stereocenters. The summed E-state index contributed by atoms with van der Waals surface area (Å²) in [6, 6.07) is 9.86. The average molecular weight is 355 g/mol. The van der Waals surface area contributed by atoms with Crippen LogP contribution < -0.4 is 10.9 Å². The van der Waals surface area contributed by atoms with E-state index in [1.807, 2.05) is 0 Å². The van der Waals surface area contributed by atoms with Crippen molar-refractivity contribution in [2.24, 2.45) is 0 Å². The summed E-state index contributed by atoms with van der Waals surface area (Å²) in [6.07, 6.45) is 0. The highest BCUT2D eigenvalue weighted by atomic mass is 16.6. The number of nitro benzene ring substituents is 2. The molecular formula is C16H9N3O7. The van der Waals surface area contributed by atoms with E-state index in [4.69, 9.17) is 4.42 Å². The second-order valence-corrected chi connectivity index (χ2v) is 5.19. The number of carbonyl (C=O) groups excluding carboxylic acids is 1. The summed E-state index contributed by atoms with van der Waals surface area (Å²) < 4.78 is 5.03. The summed E-state index contributed by atoms with van der Waals surface area (Å²) >= 11 is 0. The molecule has 0 aliphatic carbocycles. The smallest absolute Gasteiger partial charge is 0.360 e. The third-order valence-electron chi connectivity index (χ3n) is 3.49. The van der Waals surface area contributed by atoms with Crippen LogP contribution in [0.1, 0.15) is 10.4 Å². The molecule has 0 bridgehead atoms. The van der Waals surface area contributed by atoms with Gasteiger partial charge in [0, 0.05) is 35.2 Å². The maximum Gasteiger partial charge on any atom is 0.360 e. The summed E-state index contributed by atoms with van der Waals surface area (Å²) in [7, 11) is 0. The maximum atomic E-state index is 12.2. The molecule has 1 N–H and O–H groups in total. The predicted octanol–water partition coefficient (Wildman–Crippen LogP) is 2.86. The lowest BCUT2D eigenvalue weighted by Gasteiger charge is -2.05. The van der Waals surface area contributed by atoms with Crippen molar-refractivity contribution < 1.29 is 19.1 Å². The molecule has 10 nitrogen and oxygen atoms in total.